The van der Waals surface area contributed by atoms with Crippen molar-refractivity contribution >= 4 is 5.91 Å². The average Bonchev–Trinajstić information content (AvgIpc) is 2.48. The van der Waals surface area contributed by atoms with Crippen LogP contribution in [0.5, 0.6) is 0 Å². The summed E-state index contributed by atoms with van der Waals surface area (Å²) in [5, 5.41) is 3.08. The Morgan fingerprint density at radius 2 is 2.23 bits per heavy atom. The summed E-state index contributed by atoms with van der Waals surface area (Å²) in [4.78, 5) is 14.0. The van der Waals surface area contributed by atoms with E-state index in [0.29, 0.717) is 12.0 Å². The molecule has 0 aromatic carbocycles. The van der Waals surface area contributed by atoms with Crippen molar-refractivity contribution in [1.29, 1.82) is 0 Å². The van der Waals surface area contributed by atoms with Gasteiger partial charge in [-0.15, -0.1) is 0 Å². The number of nitrogens with one attached hydrogen (secondary N) is 1. The molecule has 74 valence electrons. The molecule has 2 rings (SSSR count). The zero-order chi connectivity index (χ0) is 9.42. The third kappa shape index (κ3) is 1.57. The second kappa shape index (κ2) is 3.29. The molecule has 0 bridgehead atoms. The van der Waals surface area contributed by atoms with Crippen LogP contribution in [0.25, 0.3) is 0 Å². The van der Waals surface area contributed by atoms with E-state index in [9.17, 15) is 4.79 Å². The van der Waals surface area contributed by atoms with Crippen molar-refractivity contribution in [2.45, 2.75) is 38.8 Å². The maximum Gasteiger partial charge on any atom is 0.237 e. The third-order valence-electron chi connectivity index (χ3n) is 3.41. The molecular weight excluding hydrogens is 164 g/mol. The van der Waals surface area contributed by atoms with Gasteiger partial charge in [0.1, 0.15) is 0 Å². The van der Waals surface area contributed by atoms with Gasteiger partial charge in [0, 0.05) is 12.6 Å². The van der Waals surface area contributed by atoms with Crippen LogP contribution in [0.3, 0.4) is 0 Å². The van der Waals surface area contributed by atoms with E-state index in [2.05, 4.69) is 24.1 Å². The molecule has 0 unspecified atom stereocenters. The molecule has 3 heteroatoms. The molecule has 0 radical (unpaired) electrons. The van der Waals surface area contributed by atoms with Crippen molar-refractivity contribution in [3.63, 3.8) is 0 Å². The summed E-state index contributed by atoms with van der Waals surface area (Å²) in [5.41, 5.74) is 0. The summed E-state index contributed by atoms with van der Waals surface area (Å²) in [6, 6.07) is 0.505. The predicted octanol–water partition coefficient (Wildman–Crippen LogP) is 0.605. The molecule has 2 aliphatic rings. The maximum atomic E-state index is 11.7. The van der Waals surface area contributed by atoms with Gasteiger partial charge in [-0.3, -0.25) is 9.69 Å². The number of amides is 1. The monoisotopic (exact) mass is 182 g/mol. The van der Waals surface area contributed by atoms with Crippen LogP contribution < -0.4 is 5.32 Å². The molecule has 2 heterocycles. The molecule has 1 N–H and O–H groups in total. The summed E-state index contributed by atoms with van der Waals surface area (Å²) in [6.07, 6.45) is 2.23. The molecule has 0 spiro atoms. The summed E-state index contributed by atoms with van der Waals surface area (Å²) in [6.45, 7) is 6.50. The Bertz CT molecular complexity index is 217. The predicted molar refractivity (Wildman–Crippen MR) is 51.4 cm³/mol. The van der Waals surface area contributed by atoms with Crippen LogP contribution in [0.2, 0.25) is 0 Å². The lowest BCUT2D eigenvalue weighted by Gasteiger charge is -2.21. The smallest absolute Gasteiger partial charge is 0.237 e. The summed E-state index contributed by atoms with van der Waals surface area (Å²) >= 11 is 0. The second-order valence-electron chi connectivity index (χ2n) is 4.43. The van der Waals surface area contributed by atoms with Gasteiger partial charge in [0.15, 0.2) is 0 Å². The van der Waals surface area contributed by atoms with Crippen molar-refractivity contribution in [2.75, 3.05) is 13.1 Å². The minimum absolute atomic E-state index is 0.174. The fourth-order valence-electron chi connectivity index (χ4n) is 2.33. The molecule has 0 aromatic heterocycles. The van der Waals surface area contributed by atoms with Gasteiger partial charge < -0.3 is 5.32 Å². The molecule has 0 aliphatic carbocycles. The van der Waals surface area contributed by atoms with E-state index < -0.39 is 0 Å². The van der Waals surface area contributed by atoms with Gasteiger partial charge in [-0.1, -0.05) is 6.92 Å². The first-order chi connectivity index (χ1) is 6.18. The van der Waals surface area contributed by atoms with Crippen LogP contribution in [0.4, 0.5) is 0 Å². The van der Waals surface area contributed by atoms with Crippen LogP contribution in [-0.2, 0) is 4.79 Å². The number of rotatable bonds is 0. The van der Waals surface area contributed by atoms with Crippen molar-refractivity contribution < 1.29 is 4.79 Å². The highest BCUT2D eigenvalue weighted by molar-refractivity contribution is 5.82. The van der Waals surface area contributed by atoms with E-state index in [1.165, 1.54) is 6.42 Å². The van der Waals surface area contributed by atoms with E-state index in [4.69, 9.17) is 0 Å². The Morgan fingerprint density at radius 3 is 3.00 bits per heavy atom. The van der Waals surface area contributed by atoms with E-state index in [1.807, 2.05) is 0 Å². The largest absolute Gasteiger partial charge is 0.352 e. The highest BCUT2D eigenvalue weighted by Crippen LogP contribution is 2.22. The Balaban J connectivity index is 2.14. The number of nitrogens with zero attached hydrogens (tertiary/aromatic N) is 1. The van der Waals surface area contributed by atoms with Crippen molar-refractivity contribution in [1.82, 2.24) is 10.2 Å². The van der Waals surface area contributed by atoms with Crippen molar-refractivity contribution in [3.05, 3.63) is 0 Å². The molecule has 0 aromatic rings. The van der Waals surface area contributed by atoms with Gasteiger partial charge in [0.2, 0.25) is 5.91 Å². The zero-order valence-corrected chi connectivity index (χ0v) is 8.42. The van der Waals surface area contributed by atoms with E-state index >= 15 is 0 Å². The minimum Gasteiger partial charge on any atom is -0.352 e. The molecule has 0 saturated carbocycles. The number of hydrogen-bond acceptors (Lipinski definition) is 2. The standard InChI is InChI=1S/C10H18N2O/c1-7-6-12-5-3-4-9(12)10(13)11-8(7)2/h7-9H,3-6H2,1-2H3,(H,11,13)/t7-,8-,9+/m0/s1. The fourth-order valence-corrected chi connectivity index (χ4v) is 2.33. The number of fused-ring (bicyclic) bond motifs is 1. The van der Waals surface area contributed by atoms with Gasteiger partial charge >= 0.3 is 0 Å². The molecule has 13 heavy (non-hydrogen) atoms. The topological polar surface area (TPSA) is 32.3 Å². The number of carbonyl (C=O) groups excluding carboxylic acids is 1. The van der Waals surface area contributed by atoms with Gasteiger partial charge in [0.05, 0.1) is 6.04 Å². The second-order valence-corrected chi connectivity index (χ2v) is 4.43. The van der Waals surface area contributed by atoms with Crippen LogP contribution in [0.1, 0.15) is 26.7 Å². The van der Waals surface area contributed by atoms with Gasteiger partial charge in [-0.2, -0.15) is 0 Å². The minimum atomic E-state index is 0.174. The van der Waals surface area contributed by atoms with E-state index in [-0.39, 0.29) is 11.9 Å². The highest BCUT2D eigenvalue weighted by atomic mass is 16.2. The molecule has 2 saturated heterocycles. The Morgan fingerprint density at radius 1 is 1.46 bits per heavy atom. The quantitative estimate of drug-likeness (QED) is 0.595. The normalized spacial score (nSPS) is 41.1. The molecule has 2 aliphatic heterocycles. The summed E-state index contributed by atoms with van der Waals surface area (Å²) in [5.74, 6) is 0.821. The SMILES string of the molecule is C[C@@H]1NC(=O)[C@H]2CCCN2C[C@@H]1C. The van der Waals surface area contributed by atoms with Gasteiger partial charge in [-0.05, 0) is 32.2 Å². The Labute approximate surface area is 79.5 Å². The lowest BCUT2D eigenvalue weighted by Crippen LogP contribution is -2.41. The van der Waals surface area contributed by atoms with Crippen molar-refractivity contribution in [3.8, 4) is 0 Å². The van der Waals surface area contributed by atoms with E-state index in [0.717, 1.165) is 19.5 Å². The molecule has 2 fully saturated rings. The van der Waals surface area contributed by atoms with Crippen molar-refractivity contribution in [2.24, 2.45) is 5.92 Å². The maximum absolute atomic E-state index is 11.7. The van der Waals surface area contributed by atoms with Gasteiger partial charge in [0.25, 0.3) is 0 Å². The lowest BCUT2D eigenvalue weighted by atomic mass is 10.0. The number of carbonyl (C=O) groups is 1. The summed E-state index contributed by atoms with van der Waals surface area (Å²) in [7, 11) is 0. The Kier molecular flexibility index (Phi) is 2.28. The average molecular weight is 182 g/mol. The van der Waals surface area contributed by atoms with E-state index in [1.54, 1.807) is 0 Å². The lowest BCUT2D eigenvalue weighted by molar-refractivity contribution is -0.125. The van der Waals surface area contributed by atoms with Crippen LogP contribution >= 0.6 is 0 Å². The first-order valence-electron chi connectivity index (χ1n) is 5.23. The van der Waals surface area contributed by atoms with Crippen LogP contribution in [0, 0.1) is 5.92 Å². The molecule has 3 nitrogen and oxygen atoms in total. The fraction of sp³-hybridized carbons (Fsp3) is 0.900. The number of hydrogen-bond donors (Lipinski definition) is 1. The zero-order valence-electron chi connectivity index (χ0n) is 8.42. The molecular formula is C10H18N2O. The van der Waals surface area contributed by atoms with Gasteiger partial charge in [-0.25, -0.2) is 0 Å². The molecule has 1 amide bonds. The first kappa shape index (κ1) is 9.00. The summed E-state index contributed by atoms with van der Waals surface area (Å²) < 4.78 is 0. The highest BCUT2D eigenvalue weighted by Gasteiger charge is 2.35. The molecule has 3 atom stereocenters. The van der Waals surface area contributed by atoms with Crippen LogP contribution in [-0.4, -0.2) is 36.0 Å². The first-order valence-corrected chi connectivity index (χ1v) is 5.23. The van der Waals surface area contributed by atoms with Crippen LogP contribution in [0.15, 0.2) is 0 Å². The third-order valence-corrected chi connectivity index (χ3v) is 3.41. The Hall–Kier alpha value is -0.570.